The monoisotopic (exact) mass is 269 g/mol. The van der Waals surface area contributed by atoms with Crippen LogP contribution < -0.4 is 5.32 Å². The lowest BCUT2D eigenvalue weighted by Gasteiger charge is -2.19. The number of halogens is 1. The number of aliphatic hydroxyl groups is 1. The van der Waals surface area contributed by atoms with Crippen LogP contribution >= 0.6 is 11.6 Å². The number of hydrogen-bond acceptors (Lipinski definition) is 5. The summed E-state index contributed by atoms with van der Waals surface area (Å²) in [6.45, 7) is 4.08. The molecule has 0 aromatic carbocycles. The molecular formula is C11H16ClN5O. The number of anilines is 1. The van der Waals surface area contributed by atoms with Crippen LogP contribution in [0.4, 0.5) is 5.82 Å². The fraction of sp³-hybridized carbons (Fsp3) is 0.545. The van der Waals surface area contributed by atoms with Gasteiger partial charge in [0.1, 0.15) is 17.3 Å². The number of hydrogen-bond donors (Lipinski definition) is 2. The second-order valence-electron chi connectivity index (χ2n) is 4.11. The lowest BCUT2D eigenvalue weighted by Crippen LogP contribution is -2.22. The van der Waals surface area contributed by atoms with E-state index in [1.54, 1.807) is 4.52 Å². The molecule has 0 aliphatic heterocycles. The van der Waals surface area contributed by atoms with E-state index in [1.807, 2.05) is 6.92 Å². The van der Waals surface area contributed by atoms with E-state index in [4.69, 9.17) is 16.7 Å². The van der Waals surface area contributed by atoms with Crippen molar-refractivity contribution in [2.24, 2.45) is 0 Å². The van der Waals surface area contributed by atoms with Gasteiger partial charge < -0.3 is 10.4 Å². The van der Waals surface area contributed by atoms with E-state index in [-0.39, 0.29) is 12.6 Å². The molecule has 0 fully saturated rings. The van der Waals surface area contributed by atoms with E-state index in [0.717, 1.165) is 17.8 Å². The predicted molar refractivity (Wildman–Crippen MR) is 69.9 cm³/mol. The van der Waals surface area contributed by atoms with Gasteiger partial charge in [-0.25, -0.2) is 0 Å². The lowest BCUT2D eigenvalue weighted by molar-refractivity contribution is 0.278. The first kappa shape index (κ1) is 13.0. The molecule has 2 aromatic rings. The van der Waals surface area contributed by atoms with Crippen LogP contribution in [0.5, 0.6) is 0 Å². The summed E-state index contributed by atoms with van der Waals surface area (Å²) in [7, 11) is 0. The summed E-state index contributed by atoms with van der Waals surface area (Å²) in [5.41, 5.74) is 0.825. The SMILES string of the molecule is CCC(CCO)Nc1c(C)c(Cl)nc2ncnn12. The molecule has 1 atom stereocenters. The largest absolute Gasteiger partial charge is 0.396 e. The Morgan fingerprint density at radius 2 is 2.33 bits per heavy atom. The Kier molecular flexibility index (Phi) is 3.98. The highest BCUT2D eigenvalue weighted by Gasteiger charge is 2.15. The number of fused-ring (bicyclic) bond motifs is 1. The van der Waals surface area contributed by atoms with Crippen LogP contribution in [0, 0.1) is 6.92 Å². The Bertz CT molecular complexity index is 541. The van der Waals surface area contributed by atoms with Crippen LogP contribution in [0.15, 0.2) is 6.33 Å². The van der Waals surface area contributed by atoms with Gasteiger partial charge in [0.2, 0.25) is 0 Å². The third-order valence-corrected chi connectivity index (χ3v) is 3.28. The van der Waals surface area contributed by atoms with E-state index in [2.05, 4.69) is 27.3 Å². The van der Waals surface area contributed by atoms with Gasteiger partial charge in [-0.3, -0.25) is 0 Å². The first-order chi connectivity index (χ1) is 8.67. The number of aliphatic hydroxyl groups excluding tert-OH is 1. The average molecular weight is 270 g/mol. The summed E-state index contributed by atoms with van der Waals surface area (Å²) in [6, 6.07) is 0.166. The first-order valence-corrected chi connectivity index (χ1v) is 6.28. The van der Waals surface area contributed by atoms with Crippen molar-refractivity contribution in [1.82, 2.24) is 19.6 Å². The van der Waals surface area contributed by atoms with Gasteiger partial charge in [0, 0.05) is 18.2 Å². The van der Waals surface area contributed by atoms with Gasteiger partial charge in [-0.1, -0.05) is 18.5 Å². The van der Waals surface area contributed by atoms with Gasteiger partial charge in [0.05, 0.1) is 0 Å². The van der Waals surface area contributed by atoms with Crippen molar-refractivity contribution in [2.75, 3.05) is 11.9 Å². The maximum atomic E-state index is 9.03. The third kappa shape index (κ3) is 2.39. The molecule has 7 heteroatoms. The number of aromatic nitrogens is 4. The van der Waals surface area contributed by atoms with Crippen LogP contribution in [0.3, 0.4) is 0 Å². The fourth-order valence-corrected chi connectivity index (χ4v) is 1.96. The molecule has 0 spiro atoms. The van der Waals surface area contributed by atoms with Crippen LogP contribution in [0.2, 0.25) is 5.15 Å². The normalized spacial score (nSPS) is 12.9. The van der Waals surface area contributed by atoms with E-state index in [9.17, 15) is 0 Å². The molecule has 1 unspecified atom stereocenters. The summed E-state index contributed by atoms with van der Waals surface area (Å²) >= 11 is 6.07. The summed E-state index contributed by atoms with van der Waals surface area (Å²) in [6.07, 6.45) is 3.01. The van der Waals surface area contributed by atoms with Gasteiger partial charge in [-0.2, -0.15) is 19.6 Å². The third-order valence-electron chi connectivity index (χ3n) is 2.92. The Morgan fingerprint density at radius 1 is 1.56 bits per heavy atom. The van der Waals surface area contributed by atoms with Crippen molar-refractivity contribution in [3.63, 3.8) is 0 Å². The van der Waals surface area contributed by atoms with Gasteiger partial charge in [-0.05, 0) is 19.8 Å². The molecule has 2 N–H and O–H groups in total. The highest BCUT2D eigenvalue weighted by Crippen LogP contribution is 2.23. The summed E-state index contributed by atoms with van der Waals surface area (Å²) in [5, 5.41) is 16.9. The van der Waals surface area contributed by atoms with Crippen molar-refractivity contribution in [3.8, 4) is 0 Å². The molecule has 0 amide bonds. The van der Waals surface area contributed by atoms with Crippen molar-refractivity contribution < 1.29 is 5.11 Å². The van der Waals surface area contributed by atoms with Crippen LogP contribution in [0.1, 0.15) is 25.3 Å². The standard InChI is InChI=1S/C11H16ClN5O/c1-3-8(4-5-18)15-10-7(2)9(12)16-11-13-6-14-17(10)11/h6,8,15,18H,3-5H2,1-2H3. The fourth-order valence-electron chi connectivity index (χ4n) is 1.79. The molecule has 6 nitrogen and oxygen atoms in total. The molecule has 2 rings (SSSR count). The molecule has 0 radical (unpaired) electrons. The highest BCUT2D eigenvalue weighted by atomic mass is 35.5. The van der Waals surface area contributed by atoms with Gasteiger partial charge in [-0.15, -0.1) is 0 Å². The van der Waals surface area contributed by atoms with Crippen molar-refractivity contribution in [3.05, 3.63) is 17.0 Å². The molecule has 0 saturated carbocycles. The zero-order valence-corrected chi connectivity index (χ0v) is 11.1. The topological polar surface area (TPSA) is 75.3 Å². The maximum absolute atomic E-state index is 9.03. The predicted octanol–water partition coefficient (Wildman–Crippen LogP) is 1.66. The minimum Gasteiger partial charge on any atom is -0.396 e. The first-order valence-electron chi connectivity index (χ1n) is 5.90. The van der Waals surface area contributed by atoms with E-state index in [1.165, 1.54) is 6.33 Å². The van der Waals surface area contributed by atoms with Gasteiger partial charge >= 0.3 is 0 Å². The highest BCUT2D eigenvalue weighted by molar-refractivity contribution is 6.30. The Hall–Kier alpha value is -1.40. The molecule has 18 heavy (non-hydrogen) atoms. The second kappa shape index (κ2) is 5.49. The van der Waals surface area contributed by atoms with Gasteiger partial charge in [0.15, 0.2) is 0 Å². The molecular weight excluding hydrogens is 254 g/mol. The van der Waals surface area contributed by atoms with Gasteiger partial charge in [0.25, 0.3) is 5.78 Å². The number of rotatable bonds is 5. The van der Waals surface area contributed by atoms with E-state index in [0.29, 0.717) is 17.4 Å². The average Bonchev–Trinajstić information content (AvgIpc) is 2.81. The zero-order chi connectivity index (χ0) is 13.1. The quantitative estimate of drug-likeness (QED) is 0.808. The maximum Gasteiger partial charge on any atom is 0.255 e. The van der Waals surface area contributed by atoms with Crippen molar-refractivity contribution in [1.29, 1.82) is 0 Å². The molecule has 0 aliphatic rings. The Morgan fingerprint density at radius 3 is 3.00 bits per heavy atom. The zero-order valence-electron chi connectivity index (χ0n) is 10.4. The Balaban J connectivity index is 2.41. The van der Waals surface area contributed by atoms with E-state index >= 15 is 0 Å². The minimum atomic E-state index is 0.143. The minimum absolute atomic E-state index is 0.143. The van der Waals surface area contributed by atoms with E-state index < -0.39 is 0 Å². The molecule has 0 aliphatic carbocycles. The second-order valence-corrected chi connectivity index (χ2v) is 4.47. The lowest BCUT2D eigenvalue weighted by atomic mass is 10.1. The molecule has 2 heterocycles. The van der Waals surface area contributed by atoms with Crippen LogP contribution in [-0.2, 0) is 0 Å². The number of nitrogens with zero attached hydrogens (tertiary/aromatic N) is 4. The smallest absolute Gasteiger partial charge is 0.255 e. The number of nitrogens with one attached hydrogen (secondary N) is 1. The summed E-state index contributed by atoms with van der Waals surface area (Å²) in [4.78, 5) is 8.17. The summed E-state index contributed by atoms with van der Waals surface area (Å²) < 4.78 is 1.63. The Labute approximate surface area is 110 Å². The van der Waals surface area contributed by atoms with Crippen LogP contribution in [-0.4, -0.2) is 37.3 Å². The molecule has 98 valence electrons. The van der Waals surface area contributed by atoms with Crippen molar-refractivity contribution in [2.45, 2.75) is 32.7 Å². The molecule has 0 bridgehead atoms. The van der Waals surface area contributed by atoms with Crippen LogP contribution in [0.25, 0.3) is 5.78 Å². The van der Waals surface area contributed by atoms with Crippen molar-refractivity contribution >= 4 is 23.2 Å². The molecule has 2 aromatic heterocycles. The summed E-state index contributed by atoms with van der Waals surface area (Å²) in [5.74, 6) is 1.25. The molecule has 0 saturated heterocycles.